The number of carbonyl (C=O) groups is 1. The molecule has 30 heavy (non-hydrogen) atoms. The fraction of sp³-hybridized carbons (Fsp3) is 0.211. The lowest BCUT2D eigenvalue weighted by Crippen LogP contribution is -2.30. The highest BCUT2D eigenvalue weighted by atomic mass is 35.5. The Morgan fingerprint density at radius 2 is 1.83 bits per heavy atom. The smallest absolute Gasteiger partial charge is 0.242 e. The van der Waals surface area contributed by atoms with Gasteiger partial charge in [-0.15, -0.1) is 22.0 Å². The van der Waals surface area contributed by atoms with Crippen molar-refractivity contribution in [1.29, 1.82) is 0 Å². The van der Waals surface area contributed by atoms with Gasteiger partial charge in [-0.3, -0.25) is 9.69 Å². The number of aromatic nitrogens is 2. The maximum Gasteiger partial charge on any atom is 0.242 e. The zero-order chi connectivity index (χ0) is 21.4. The van der Waals surface area contributed by atoms with Gasteiger partial charge in [0.15, 0.2) is 5.01 Å². The van der Waals surface area contributed by atoms with Crippen molar-refractivity contribution in [3.05, 3.63) is 67.1 Å². The topological polar surface area (TPSA) is 55.3 Å². The van der Waals surface area contributed by atoms with Crippen molar-refractivity contribution in [3.63, 3.8) is 0 Å². The van der Waals surface area contributed by atoms with E-state index < -0.39 is 0 Å². The van der Waals surface area contributed by atoms with Gasteiger partial charge in [-0.25, -0.2) is 0 Å². The fourth-order valence-corrected chi connectivity index (χ4v) is 5.71. The molecule has 1 aliphatic rings. The largest absolute Gasteiger partial charge is 0.485 e. The van der Waals surface area contributed by atoms with Crippen LogP contribution >= 0.6 is 69.5 Å². The lowest BCUT2D eigenvalue weighted by atomic mass is 10.2. The Kier molecular flexibility index (Phi) is 6.67. The summed E-state index contributed by atoms with van der Waals surface area (Å²) in [4.78, 5) is 14.5. The van der Waals surface area contributed by atoms with Crippen LogP contribution in [0, 0.1) is 0 Å². The predicted molar refractivity (Wildman–Crippen MR) is 124 cm³/mol. The first-order valence-electron chi connectivity index (χ1n) is 8.67. The van der Waals surface area contributed by atoms with Crippen LogP contribution in [-0.4, -0.2) is 21.4 Å². The molecule has 2 aromatic carbocycles. The minimum atomic E-state index is -0.269. The molecule has 5 nitrogen and oxygen atoms in total. The average molecular weight is 521 g/mol. The maximum absolute atomic E-state index is 12.8. The molecule has 1 aliphatic heterocycles. The number of thioether (sulfide) groups is 1. The number of rotatable bonds is 5. The van der Waals surface area contributed by atoms with Crippen LogP contribution in [0.25, 0.3) is 0 Å². The van der Waals surface area contributed by atoms with E-state index in [1.807, 2.05) is 13.0 Å². The number of amides is 1. The summed E-state index contributed by atoms with van der Waals surface area (Å²) in [6.07, 6.45) is 0. The molecule has 1 fully saturated rings. The second kappa shape index (κ2) is 9.10. The first kappa shape index (κ1) is 22.0. The predicted octanol–water partition coefficient (Wildman–Crippen LogP) is 6.90. The van der Waals surface area contributed by atoms with Crippen LogP contribution in [0.1, 0.15) is 22.9 Å². The lowest BCUT2D eigenvalue weighted by Gasteiger charge is -2.21. The zero-order valence-electron chi connectivity index (χ0n) is 15.3. The van der Waals surface area contributed by atoms with E-state index in [1.54, 1.807) is 35.2 Å². The van der Waals surface area contributed by atoms with Gasteiger partial charge in [0.25, 0.3) is 0 Å². The summed E-state index contributed by atoms with van der Waals surface area (Å²) < 4.78 is 5.72. The summed E-state index contributed by atoms with van der Waals surface area (Å²) in [5.74, 6) is 0.452. The Morgan fingerprint density at radius 3 is 2.57 bits per heavy atom. The normalized spacial score (nSPS) is 18.8. The van der Waals surface area contributed by atoms with Crippen LogP contribution in [-0.2, 0) is 11.4 Å². The summed E-state index contributed by atoms with van der Waals surface area (Å²) in [6.45, 7) is 2.03. The average Bonchev–Trinajstić information content (AvgIpc) is 3.28. The molecule has 0 spiro atoms. The van der Waals surface area contributed by atoms with Crippen molar-refractivity contribution in [1.82, 2.24) is 10.2 Å². The van der Waals surface area contributed by atoms with E-state index in [0.29, 0.717) is 36.0 Å². The molecular formula is C19H13Cl4N3O2S2. The van der Waals surface area contributed by atoms with Gasteiger partial charge in [0.2, 0.25) is 11.0 Å². The summed E-state index contributed by atoms with van der Waals surface area (Å²) in [5, 5.41) is 10.8. The molecule has 0 bridgehead atoms. The standard InChI is InChI=1S/C19H13Cl4N3O2S2/c1-9-17(27)26(18(29-9)10-2-4-12(21)13(22)6-10)19-25-24-16(30-19)8-28-15-5-3-11(20)7-14(15)23/h2-7,9,18H,8H2,1H3. The molecular weight excluding hydrogens is 508 g/mol. The van der Waals surface area contributed by atoms with Crippen LogP contribution in [0.3, 0.4) is 0 Å². The summed E-state index contributed by atoms with van der Waals surface area (Å²) in [5.41, 5.74) is 0.869. The fourth-order valence-electron chi connectivity index (χ4n) is 2.84. The molecule has 0 radical (unpaired) electrons. The second-order valence-electron chi connectivity index (χ2n) is 6.35. The number of ether oxygens (including phenoxy) is 1. The Bertz CT molecular complexity index is 1110. The van der Waals surface area contributed by atoms with Crippen molar-refractivity contribution in [2.24, 2.45) is 0 Å². The Morgan fingerprint density at radius 1 is 1.03 bits per heavy atom. The number of hydrogen-bond donors (Lipinski definition) is 0. The summed E-state index contributed by atoms with van der Waals surface area (Å²) in [7, 11) is 0. The highest BCUT2D eigenvalue weighted by Crippen LogP contribution is 2.47. The Balaban J connectivity index is 1.55. The molecule has 0 aliphatic carbocycles. The molecule has 0 N–H and O–H groups in total. The van der Waals surface area contributed by atoms with Crippen LogP contribution in [0.5, 0.6) is 5.75 Å². The minimum Gasteiger partial charge on any atom is -0.485 e. The number of carbonyl (C=O) groups excluding carboxylic acids is 1. The molecule has 1 saturated heterocycles. The van der Waals surface area contributed by atoms with Gasteiger partial charge in [-0.1, -0.05) is 63.8 Å². The van der Waals surface area contributed by atoms with E-state index >= 15 is 0 Å². The van der Waals surface area contributed by atoms with Crippen molar-refractivity contribution in [2.75, 3.05) is 4.90 Å². The molecule has 2 heterocycles. The Hall–Kier alpha value is -1.22. The molecule has 2 unspecified atom stereocenters. The molecule has 11 heteroatoms. The number of hydrogen-bond acceptors (Lipinski definition) is 6. The molecule has 4 rings (SSSR count). The van der Waals surface area contributed by atoms with Gasteiger partial charge >= 0.3 is 0 Å². The molecule has 0 saturated carbocycles. The van der Waals surface area contributed by atoms with Crippen LogP contribution in [0.4, 0.5) is 5.13 Å². The van der Waals surface area contributed by atoms with E-state index in [2.05, 4.69) is 10.2 Å². The monoisotopic (exact) mass is 519 g/mol. The Labute approximate surface area is 201 Å². The van der Waals surface area contributed by atoms with Gasteiger partial charge in [0, 0.05) is 5.02 Å². The van der Waals surface area contributed by atoms with E-state index in [9.17, 15) is 4.79 Å². The summed E-state index contributed by atoms with van der Waals surface area (Å²) >= 11 is 27.1. The van der Waals surface area contributed by atoms with E-state index in [1.165, 1.54) is 23.1 Å². The molecule has 2 atom stereocenters. The van der Waals surface area contributed by atoms with Crippen molar-refractivity contribution < 1.29 is 9.53 Å². The highest BCUT2D eigenvalue weighted by Gasteiger charge is 2.41. The third-order valence-electron chi connectivity index (χ3n) is 4.29. The van der Waals surface area contributed by atoms with Crippen LogP contribution in [0.2, 0.25) is 20.1 Å². The number of halogens is 4. The van der Waals surface area contributed by atoms with Crippen molar-refractivity contribution in [2.45, 2.75) is 24.2 Å². The maximum atomic E-state index is 12.8. The quantitative estimate of drug-likeness (QED) is 0.366. The number of nitrogens with zero attached hydrogens (tertiary/aromatic N) is 3. The number of anilines is 1. The SMILES string of the molecule is CC1SC(c2ccc(Cl)c(Cl)c2)N(c2nnc(COc3ccc(Cl)cc3Cl)s2)C1=O. The number of benzene rings is 2. The first-order chi connectivity index (χ1) is 14.3. The van der Waals surface area contributed by atoms with Crippen LogP contribution < -0.4 is 9.64 Å². The van der Waals surface area contributed by atoms with E-state index in [4.69, 9.17) is 51.1 Å². The lowest BCUT2D eigenvalue weighted by molar-refractivity contribution is -0.117. The van der Waals surface area contributed by atoms with Gasteiger partial charge in [-0.2, -0.15) is 0 Å². The van der Waals surface area contributed by atoms with Crippen molar-refractivity contribution >= 4 is 80.5 Å². The third-order valence-corrected chi connectivity index (χ3v) is 7.81. The highest BCUT2D eigenvalue weighted by molar-refractivity contribution is 8.01. The van der Waals surface area contributed by atoms with Gasteiger partial charge in [0.1, 0.15) is 17.7 Å². The molecule has 3 aromatic rings. The van der Waals surface area contributed by atoms with Crippen LogP contribution in [0.15, 0.2) is 36.4 Å². The van der Waals surface area contributed by atoms with E-state index in [-0.39, 0.29) is 23.1 Å². The zero-order valence-corrected chi connectivity index (χ0v) is 20.0. The van der Waals surface area contributed by atoms with Gasteiger partial charge < -0.3 is 4.74 Å². The molecule has 1 amide bonds. The van der Waals surface area contributed by atoms with Gasteiger partial charge in [-0.05, 0) is 42.8 Å². The summed E-state index contributed by atoms with van der Waals surface area (Å²) in [6, 6.07) is 10.3. The molecule has 156 valence electrons. The van der Waals surface area contributed by atoms with E-state index in [0.717, 1.165) is 5.56 Å². The molecule has 1 aromatic heterocycles. The second-order valence-corrected chi connectivity index (χ2v) is 10.5. The van der Waals surface area contributed by atoms with Crippen molar-refractivity contribution in [3.8, 4) is 5.75 Å². The van der Waals surface area contributed by atoms with Gasteiger partial charge in [0.05, 0.1) is 20.3 Å². The first-order valence-corrected chi connectivity index (χ1v) is 11.9. The minimum absolute atomic E-state index is 0.0413. The third kappa shape index (κ3) is 4.52.